The van der Waals surface area contributed by atoms with E-state index in [2.05, 4.69) is 10.6 Å². The maximum Gasteiger partial charge on any atom is 0.163 e. The number of benzene rings is 3. The molecule has 5 nitrogen and oxygen atoms in total. The van der Waals surface area contributed by atoms with Gasteiger partial charge in [0.05, 0.1) is 24.5 Å². The van der Waals surface area contributed by atoms with Crippen LogP contribution >= 0.6 is 0 Å². The lowest BCUT2D eigenvalue weighted by Gasteiger charge is -2.30. The van der Waals surface area contributed by atoms with E-state index in [9.17, 15) is 9.90 Å². The second kappa shape index (κ2) is 7.84. The number of anilines is 2. The highest BCUT2D eigenvalue weighted by Crippen LogP contribution is 2.44. The van der Waals surface area contributed by atoms with Gasteiger partial charge in [-0.2, -0.15) is 0 Å². The second-order valence-corrected chi connectivity index (χ2v) is 8.03. The Labute approximate surface area is 181 Å². The molecule has 0 saturated carbocycles. The Balaban J connectivity index is 1.57. The van der Waals surface area contributed by atoms with Crippen LogP contribution < -0.4 is 15.4 Å². The van der Waals surface area contributed by atoms with E-state index >= 15 is 0 Å². The van der Waals surface area contributed by atoms with Crippen molar-refractivity contribution in [1.82, 2.24) is 0 Å². The molecule has 0 saturated heterocycles. The monoisotopic (exact) mass is 412 g/mol. The summed E-state index contributed by atoms with van der Waals surface area (Å²) in [6, 6.07) is 22.8. The lowest BCUT2D eigenvalue weighted by Crippen LogP contribution is -2.26. The highest BCUT2D eigenvalue weighted by atomic mass is 16.5. The van der Waals surface area contributed by atoms with Gasteiger partial charge < -0.3 is 20.5 Å². The number of rotatable bonds is 3. The van der Waals surface area contributed by atoms with Gasteiger partial charge in [-0.25, -0.2) is 0 Å². The topological polar surface area (TPSA) is 70.6 Å². The van der Waals surface area contributed by atoms with Gasteiger partial charge in [-0.05, 0) is 59.9 Å². The number of hydrogen-bond donors (Lipinski definition) is 3. The van der Waals surface area contributed by atoms with Crippen LogP contribution in [0.15, 0.2) is 84.1 Å². The van der Waals surface area contributed by atoms with E-state index in [1.165, 1.54) is 0 Å². The van der Waals surface area contributed by atoms with Crippen molar-refractivity contribution < 1.29 is 14.6 Å². The summed E-state index contributed by atoms with van der Waals surface area (Å²) in [7, 11) is 1.65. The molecule has 0 unspecified atom stereocenters. The second-order valence-electron chi connectivity index (χ2n) is 8.03. The molecule has 0 fully saturated rings. The predicted molar refractivity (Wildman–Crippen MR) is 122 cm³/mol. The zero-order valence-electron chi connectivity index (χ0n) is 17.3. The molecule has 1 aliphatic heterocycles. The highest BCUT2D eigenvalue weighted by molar-refractivity contribution is 6.01. The van der Waals surface area contributed by atoms with Crippen molar-refractivity contribution in [2.24, 2.45) is 0 Å². The lowest BCUT2D eigenvalue weighted by molar-refractivity contribution is -0.116. The van der Waals surface area contributed by atoms with E-state index in [1.54, 1.807) is 19.2 Å². The smallest absolute Gasteiger partial charge is 0.163 e. The van der Waals surface area contributed by atoms with Crippen molar-refractivity contribution >= 4 is 17.2 Å². The Morgan fingerprint density at radius 3 is 2.26 bits per heavy atom. The number of methoxy groups -OCH3 is 1. The van der Waals surface area contributed by atoms with Crippen molar-refractivity contribution in [3.63, 3.8) is 0 Å². The summed E-state index contributed by atoms with van der Waals surface area (Å²) < 4.78 is 5.28. The fourth-order valence-corrected chi connectivity index (χ4v) is 4.52. The molecule has 5 rings (SSSR count). The molecule has 3 N–H and O–H groups in total. The van der Waals surface area contributed by atoms with Gasteiger partial charge in [0.15, 0.2) is 5.78 Å². The number of nitrogens with one attached hydrogen (secondary N) is 2. The molecule has 0 amide bonds. The summed E-state index contributed by atoms with van der Waals surface area (Å²) in [6.07, 6.45) is 1.21. The SMILES string of the molecule is COc1ccc([C@@H]2CC(=O)C3=C(C2)Nc2ccccc2N[C@H]3c2ccc(O)cc2)cc1. The number of carbonyl (C=O) groups is 1. The fourth-order valence-electron chi connectivity index (χ4n) is 4.52. The van der Waals surface area contributed by atoms with Crippen LogP contribution in [0.3, 0.4) is 0 Å². The van der Waals surface area contributed by atoms with E-state index in [4.69, 9.17) is 4.74 Å². The normalized spacial score (nSPS) is 20.1. The molecule has 5 heteroatoms. The first-order chi connectivity index (χ1) is 15.1. The molecule has 1 aliphatic carbocycles. The largest absolute Gasteiger partial charge is 0.508 e. The number of para-hydroxylation sites is 2. The van der Waals surface area contributed by atoms with Crippen LogP contribution in [-0.4, -0.2) is 18.0 Å². The van der Waals surface area contributed by atoms with Gasteiger partial charge in [0, 0.05) is 17.7 Å². The zero-order valence-corrected chi connectivity index (χ0v) is 17.3. The molecule has 31 heavy (non-hydrogen) atoms. The van der Waals surface area contributed by atoms with Gasteiger partial charge in [-0.15, -0.1) is 0 Å². The summed E-state index contributed by atoms with van der Waals surface area (Å²) in [5.74, 6) is 1.26. The molecule has 0 spiro atoms. The third kappa shape index (κ3) is 3.63. The lowest BCUT2D eigenvalue weighted by atomic mass is 9.78. The van der Waals surface area contributed by atoms with Crippen molar-refractivity contribution in [2.45, 2.75) is 24.8 Å². The van der Waals surface area contributed by atoms with E-state index in [1.807, 2.05) is 60.7 Å². The minimum absolute atomic E-state index is 0.107. The molecule has 2 aliphatic rings. The average molecular weight is 412 g/mol. The molecular weight excluding hydrogens is 388 g/mol. The van der Waals surface area contributed by atoms with E-state index in [0.717, 1.165) is 45.9 Å². The number of ether oxygens (including phenoxy) is 1. The number of allylic oxidation sites excluding steroid dienone is 1. The van der Waals surface area contributed by atoms with Gasteiger partial charge in [0.1, 0.15) is 11.5 Å². The molecule has 3 aromatic rings. The van der Waals surface area contributed by atoms with E-state index in [-0.39, 0.29) is 23.5 Å². The van der Waals surface area contributed by atoms with Gasteiger partial charge in [0.2, 0.25) is 0 Å². The Bertz CT molecular complexity index is 1150. The molecule has 156 valence electrons. The third-order valence-electron chi connectivity index (χ3n) is 6.12. The van der Waals surface area contributed by atoms with Crippen molar-refractivity contribution in [3.05, 3.63) is 95.2 Å². The number of ketones is 1. The minimum atomic E-state index is -0.281. The van der Waals surface area contributed by atoms with E-state index in [0.29, 0.717) is 6.42 Å². The van der Waals surface area contributed by atoms with Crippen LogP contribution in [0.2, 0.25) is 0 Å². The van der Waals surface area contributed by atoms with Gasteiger partial charge in [-0.3, -0.25) is 4.79 Å². The molecule has 1 heterocycles. The first-order valence-electron chi connectivity index (χ1n) is 10.4. The quantitative estimate of drug-likeness (QED) is 0.539. The Hall–Kier alpha value is -3.73. The van der Waals surface area contributed by atoms with E-state index < -0.39 is 0 Å². The number of Topliss-reactive ketones (excluding diaryl/α,β-unsaturated/α-hetero) is 1. The number of phenols is 1. The highest BCUT2D eigenvalue weighted by Gasteiger charge is 2.36. The molecule has 3 aromatic carbocycles. The summed E-state index contributed by atoms with van der Waals surface area (Å²) in [5, 5.41) is 16.8. The fraction of sp³-hybridized carbons (Fsp3) is 0.192. The number of fused-ring (bicyclic) bond motifs is 1. The average Bonchev–Trinajstić information content (AvgIpc) is 2.96. The van der Waals surface area contributed by atoms with Crippen molar-refractivity contribution in [3.8, 4) is 11.5 Å². The summed E-state index contributed by atoms with van der Waals surface area (Å²) in [6.45, 7) is 0. The maximum absolute atomic E-state index is 13.5. The van der Waals surface area contributed by atoms with Crippen LogP contribution in [-0.2, 0) is 4.79 Å². The van der Waals surface area contributed by atoms with Gasteiger partial charge in [-0.1, -0.05) is 36.4 Å². The van der Waals surface area contributed by atoms with Crippen LogP contribution in [0, 0.1) is 0 Å². The first-order valence-corrected chi connectivity index (χ1v) is 10.4. The van der Waals surface area contributed by atoms with Crippen molar-refractivity contribution in [2.75, 3.05) is 17.7 Å². The van der Waals surface area contributed by atoms with Crippen molar-refractivity contribution in [1.29, 1.82) is 0 Å². The molecule has 0 bridgehead atoms. The third-order valence-corrected chi connectivity index (χ3v) is 6.12. The molecule has 2 atom stereocenters. The standard InChI is InChI=1S/C26H24N2O3/c1-31-20-12-8-16(9-13-20)18-14-23-25(24(30)15-18)26(17-6-10-19(29)11-7-17)28-22-5-3-2-4-21(22)27-23/h2-13,18,26-29H,14-15H2,1H3/t18-,26-/m0/s1. The minimum Gasteiger partial charge on any atom is -0.508 e. The van der Waals surface area contributed by atoms with Gasteiger partial charge in [0.25, 0.3) is 0 Å². The van der Waals surface area contributed by atoms with Gasteiger partial charge >= 0.3 is 0 Å². The van der Waals surface area contributed by atoms with Crippen LogP contribution in [0.25, 0.3) is 0 Å². The van der Waals surface area contributed by atoms with Crippen LogP contribution in [0.4, 0.5) is 11.4 Å². The summed E-state index contributed by atoms with van der Waals surface area (Å²) >= 11 is 0. The number of aromatic hydroxyl groups is 1. The summed E-state index contributed by atoms with van der Waals surface area (Å²) in [5.41, 5.74) is 5.71. The molecule has 0 aromatic heterocycles. The zero-order chi connectivity index (χ0) is 21.4. The Morgan fingerprint density at radius 1 is 0.871 bits per heavy atom. The molecular formula is C26H24N2O3. The summed E-state index contributed by atoms with van der Waals surface area (Å²) in [4.78, 5) is 13.5. The Morgan fingerprint density at radius 2 is 1.55 bits per heavy atom. The maximum atomic E-state index is 13.5. The van der Waals surface area contributed by atoms with Crippen LogP contribution in [0.1, 0.15) is 35.9 Å². The number of carbonyl (C=O) groups excluding carboxylic acids is 1. The number of hydrogen-bond acceptors (Lipinski definition) is 5. The first kappa shape index (κ1) is 19.2. The number of phenolic OH excluding ortho intramolecular Hbond substituents is 1. The van der Waals surface area contributed by atoms with Crippen LogP contribution in [0.5, 0.6) is 11.5 Å². The predicted octanol–water partition coefficient (Wildman–Crippen LogP) is 5.38. The molecule has 0 radical (unpaired) electrons. The Kier molecular flexibility index (Phi) is 4.86.